The number of carbonyl (C=O) groups is 1. The smallest absolute Gasteiger partial charge is 0.222 e. The number of anilines is 1. The van der Waals surface area contributed by atoms with Gasteiger partial charge in [0.15, 0.2) is 0 Å². The summed E-state index contributed by atoms with van der Waals surface area (Å²) in [4.78, 5) is 18.2. The number of hydrogen-bond donors (Lipinski definition) is 1. The number of nitrogens with one attached hydrogen (secondary N) is 1. The van der Waals surface area contributed by atoms with Gasteiger partial charge in [0, 0.05) is 31.4 Å². The number of carbonyl (C=O) groups excluding carboxylic acids is 1. The van der Waals surface area contributed by atoms with Crippen LogP contribution in [0.25, 0.3) is 10.9 Å². The fraction of sp³-hybridized carbons (Fsp3) is 0.412. The van der Waals surface area contributed by atoms with Crippen molar-refractivity contribution in [3.8, 4) is 0 Å². The van der Waals surface area contributed by atoms with Gasteiger partial charge in [-0.05, 0) is 37.5 Å². The number of nitrogens with zero attached hydrogens (tertiary/aromatic N) is 2. The zero-order chi connectivity index (χ0) is 14.7. The molecule has 110 valence electrons. The largest absolute Gasteiger partial charge is 0.370 e. The summed E-state index contributed by atoms with van der Waals surface area (Å²) in [5, 5.41) is 4.56. The summed E-state index contributed by atoms with van der Waals surface area (Å²) in [5.74, 6) is 1.25. The normalized spacial score (nSPS) is 14.9. The number of benzene rings is 1. The Morgan fingerprint density at radius 1 is 1.33 bits per heavy atom. The molecular formula is C17H21N3O. The summed E-state index contributed by atoms with van der Waals surface area (Å²) in [6, 6.07) is 10.3. The van der Waals surface area contributed by atoms with Gasteiger partial charge >= 0.3 is 0 Å². The van der Waals surface area contributed by atoms with E-state index in [1.165, 1.54) is 5.39 Å². The molecule has 2 heterocycles. The van der Waals surface area contributed by atoms with Crippen LogP contribution in [-0.2, 0) is 4.79 Å². The van der Waals surface area contributed by atoms with E-state index in [1.807, 2.05) is 23.1 Å². The molecule has 1 fully saturated rings. The molecule has 1 aromatic carbocycles. The van der Waals surface area contributed by atoms with Crippen LogP contribution in [0.4, 0.5) is 5.82 Å². The zero-order valence-electron chi connectivity index (χ0n) is 12.4. The van der Waals surface area contributed by atoms with Gasteiger partial charge in [-0.2, -0.15) is 0 Å². The predicted octanol–water partition coefficient (Wildman–Crippen LogP) is 2.97. The van der Waals surface area contributed by atoms with E-state index in [4.69, 9.17) is 0 Å². The second kappa shape index (κ2) is 6.12. The van der Waals surface area contributed by atoms with Crippen molar-refractivity contribution in [3.63, 3.8) is 0 Å². The van der Waals surface area contributed by atoms with Gasteiger partial charge in [0.1, 0.15) is 5.82 Å². The maximum atomic E-state index is 11.5. The first-order chi connectivity index (χ1) is 10.2. The molecule has 1 aromatic heterocycles. The molecule has 0 atom stereocenters. The molecule has 0 radical (unpaired) electrons. The van der Waals surface area contributed by atoms with E-state index in [0.717, 1.165) is 55.8 Å². The zero-order valence-corrected chi connectivity index (χ0v) is 12.4. The van der Waals surface area contributed by atoms with Gasteiger partial charge in [-0.25, -0.2) is 4.98 Å². The maximum absolute atomic E-state index is 11.5. The maximum Gasteiger partial charge on any atom is 0.222 e. The van der Waals surface area contributed by atoms with Crippen molar-refractivity contribution in [1.82, 2.24) is 9.88 Å². The molecule has 0 unspecified atom stereocenters. The third kappa shape index (κ3) is 3.15. The van der Waals surface area contributed by atoms with Gasteiger partial charge < -0.3 is 10.2 Å². The molecule has 0 saturated carbocycles. The molecule has 1 saturated heterocycles. The molecule has 0 spiro atoms. The second-order valence-corrected chi connectivity index (χ2v) is 5.61. The standard InChI is InChI=1S/C17H21N3O/c1-13-12-14-6-2-3-7-15(14)19-17(13)18-9-5-11-20-10-4-8-16(20)21/h2-3,6-7,12H,4-5,8-11H2,1H3,(H,18,19). The molecule has 21 heavy (non-hydrogen) atoms. The van der Waals surface area contributed by atoms with Crippen molar-refractivity contribution in [2.24, 2.45) is 0 Å². The van der Waals surface area contributed by atoms with E-state index in [0.29, 0.717) is 5.91 Å². The third-order valence-electron chi connectivity index (χ3n) is 3.98. The summed E-state index contributed by atoms with van der Waals surface area (Å²) >= 11 is 0. The summed E-state index contributed by atoms with van der Waals surface area (Å²) in [7, 11) is 0. The Hall–Kier alpha value is -2.10. The fourth-order valence-corrected chi connectivity index (χ4v) is 2.82. The van der Waals surface area contributed by atoms with Gasteiger partial charge in [0.25, 0.3) is 0 Å². The van der Waals surface area contributed by atoms with E-state index in [-0.39, 0.29) is 0 Å². The SMILES string of the molecule is Cc1cc2ccccc2nc1NCCCN1CCCC1=O. The number of aromatic nitrogens is 1. The minimum absolute atomic E-state index is 0.301. The topological polar surface area (TPSA) is 45.2 Å². The molecule has 1 aliphatic rings. The summed E-state index contributed by atoms with van der Waals surface area (Å²) in [5.41, 5.74) is 2.17. The number of rotatable bonds is 5. The van der Waals surface area contributed by atoms with Gasteiger partial charge in [-0.1, -0.05) is 18.2 Å². The van der Waals surface area contributed by atoms with Crippen LogP contribution in [0.3, 0.4) is 0 Å². The monoisotopic (exact) mass is 283 g/mol. The first kappa shape index (κ1) is 13.9. The van der Waals surface area contributed by atoms with Crippen LogP contribution in [0.5, 0.6) is 0 Å². The van der Waals surface area contributed by atoms with Crippen LogP contribution in [0.15, 0.2) is 30.3 Å². The van der Waals surface area contributed by atoms with Crippen molar-refractivity contribution in [2.75, 3.05) is 25.0 Å². The minimum atomic E-state index is 0.301. The van der Waals surface area contributed by atoms with Gasteiger partial charge in [-0.15, -0.1) is 0 Å². The molecule has 3 rings (SSSR count). The Morgan fingerprint density at radius 2 is 2.19 bits per heavy atom. The van der Waals surface area contributed by atoms with Crippen LogP contribution >= 0.6 is 0 Å². The molecular weight excluding hydrogens is 262 g/mol. The number of para-hydroxylation sites is 1. The van der Waals surface area contributed by atoms with E-state index in [2.05, 4.69) is 29.4 Å². The Morgan fingerprint density at radius 3 is 3.00 bits per heavy atom. The van der Waals surface area contributed by atoms with Crippen LogP contribution < -0.4 is 5.32 Å². The third-order valence-corrected chi connectivity index (χ3v) is 3.98. The Balaban J connectivity index is 1.57. The van der Waals surface area contributed by atoms with E-state index < -0.39 is 0 Å². The first-order valence-electron chi connectivity index (χ1n) is 7.62. The average molecular weight is 283 g/mol. The Kier molecular flexibility index (Phi) is 4.04. The lowest BCUT2D eigenvalue weighted by molar-refractivity contribution is -0.127. The van der Waals surface area contributed by atoms with Gasteiger partial charge in [0.05, 0.1) is 5.52 Å². The fourth-order valence-electron chi connectivity index (χ4n) is 2.82. The van der Waals surface area contributed by atoms with Gasteiger partial charge in [-0.3, -0.25) is 4.79 Å². The molecule has 4 nitrogen and oxygen atoms in total. The van der Waals surface area contributed by atoms with Crippen molar-refractivity contribution < 1.29 is 4.79 Å². The summed E-state index contributed by atoms with van der Waals surface area (Å²) in [6.07, 6.45) is 2.69. The molecule has 1 aliphatic heterocycles. The predicted molar refractivity (Wildman–Crippen MR) is 85.4 cm³/mol. The van der Waals surface area contributed by atoms with Crippen LogP contribution in [0, 0.1) is 6.92 Å². The van der Waals surface area contributed by atoms with Crippen molar-refractivity contribution in [3.05, 3.63) is 35.9 Å². The van der Waals surface area contributed by atoms with Gasteiger partial charge in [0.2, 0.25) is 5.91 Å². The lowest BCUT2D eigenvalue weighted by Crippen LogP contribution is -2.27. The van der Waals surface area contributed by atoms with E-state index >= 15 is 0 Å². The molecule has 0 bridgehead atoms. The number of hydrogen-bond acceptors (Lipinski definition) is 3. The van der Waals surface area contributed by atoms with Crippen LogP contribution in [-0.4, -0.2) is 35.4 Å². The van der Waals surface area contributed by atoms with E-state index in [9.17, 15) is 4.79 Å². The van der Waals surface area contributed by atoms with Crippen LogP contribution in [0.2, 0.25) is 0 Å². The second-order valence-electron chi connectivity index (χ2n) is 5.61. The summed E-state index contributed by atoms with van der Waals surface area (Å²) in [6.45, 7) is 4.69. The Labute approximate surface area is 125 Å². The number of aryl methyl sites for hydroxylation is 1. The number of amides is 1. The average Bonchev–Trinajstić information content (AvgIpc) is 2.89. The number of pyridine rings is 1. The molecule has 1 N–H and O–H groups in total. The summed E-state index contributed by atoms with van der Waals surface area (Å²) < 4.78 is 0. The number of fused-ring (bicyclic) bond motifs is 1. The van der Waals surface area contributed by atoms with Crippen molar-refractivity contribution >= 4 is 22.6 Å². The Bertz CT molecular complexity index is 654. The highest BCUT2D eigenvalue weighted by Gasteiger charge is 2.18. The van der Waals surface area contributed by atoms with Crippen molar-refractivity contribution in [2.45, 2.75) is 26.2 Å². The molecule has 0 aliphatic carbocycles. The quantitative estimate of drug-likeness (QED) is 0.858. The molecule has 2 aromatic rings. The van der Waals surface area contributed by atoms with E-state index in [1.54, 1.807) is 0 Å². The highest BCUT2D eigenvalue weighted by molar-refractivity contribution is 5.81. The molecule has 4 heteroatoms. The van der Waals surface area contributed by atoms with Crippen molar-refractivity contribution in [1.29, 1.82) is 0 Å². The minimum Gasteiger partial charge on any atom is -0.370 e. The van der Waals surface area contributed by atoms with Crippen LogP contribution in [0.1, 0.15) is 24.8 Å². The lowest BCUT2D eigenvalue weighted by atomic mass is 10.1. The lowest BCUT2D eigenvalue weighted by Gasteiger charge is -2.16. The first-order valence-corrected chi connectivity index (χ1v) is 7.62. The highest BCUT2D eigenvalue weighted by Crippen LogP contribution is 2.19. The number of likely N-dealkylation sites (tertiary alicyclic amines) is 1. The highest BCUT2D eigenvalue weighted by atomic mass is 16.2. The molecule has 1 amide bonds.